The van der Waals surface area contributed by atoms with Crippen molar-refractivity contribution >= 4 is 46.4 Å². The van der Waals surface area contributed by atoms with E-state index < -0.39 is 5.97 Å². The molecule has 4 nitrogen and oxygen atoms in total. The van der Waals surface area contributed by atoms with Gasteiger partial charge in [0.25, 0.3) is 5.91 Å². The van der Waals surface area contributed by atoms with Crippen molar-refractivity contribution in [2.75, 3.05) is 13.2 Å². The summed E-state index contributed by atoms with van der Waals surface area (Å²) in [6.07, 6.45) is 0.678. The molecule has 1 amide bonds. The monoisotopic (exact) mass is 357 g/mol. The normalized spacial score (nSPS) is 10.3. The Bertz CT molecular complexity index is 655. The van der Waals surface area contributed by atoms with Crippen molar-refractivity contribution < 1.29 is 14.3 Å². The summed E-state index contributed by atoms with van der Waals surface area (Å²) >= 11 is 12.6. The topological polar surface area (TPSA) is 55.4 Å². The maximum absolute atomic E-state index is 11.6. The van der Waals surface area contributed by atoms with Crippen LogP contribution in [0.2, 0.25) is 9.36 Å². The molecular weight excluding hydrogens is 345 g/mol. The maximum Gasteiger partial charge on any atom is 0.348 e. The van der Waals surface area contributed by atoms with Gasteiger partial charge in [-0.2, -0.15) is 0 Å². The van der Waals surface area contributed by atoms with Crippen molar-refractivity contribution in [3.05, 3.63) is 56.2 Å². The minimum Gasteiger partial charge on any atom is -0.451 e. The highest BCUT2D eigenvalue weighted by atomic mass is 35.5. The van der Waals surface area contributed by atoms with Crippen LogP contribution in [0.25, 0.3) is 0 Å². The smallest absolute Gasteiger partial charge is 0.348 e. The van der Waals surface area contributed by atoms with Gasteiger partial charge in [-0.25, -0.2) is 4.79 Å². The van der Waals surface area contributed by atoms with Crippen LogP contribution in [0.3, 0.4) is 0 Å². The molecular formula is C15H13Cl2NO3S. The number of halogens is 2. The van der Waals surface area contributed by atoms with Gasteiger partial charge in [0.1, 0.15) is 4.88 Å². The molecule has 0 atom stereocenters. The number of benzene rings is 1. The molecule has 1 heterocycles. The predicted molar refractivity (Wildman–Crippen MR) is 87.8 cm³/mol. The zero-order valence-corrected chi connectivity index (χ0v) is 13.8. The van der Waals surface area contributed by atoms with Gasteiger partial charge in [-0.05, 0) is 36.2 Å². The number of hydrogen-bond acceptors (Lipinski definition) is 4. The third-order valence-electron chi connectivity index (χ3n) is 2.76. The molecule has 22 heavy (non-hydrogen) atoms. The lowest BCUT2D eigenvalue weighted by atomic mass is 10.1. The minimum absolute atomic E-state index is 0.311. The molecule has 0 aliphatic rings. The first-order valence-electron chi connectivity index (χ1n) is 6.48. The summed E-state index contributed by atoms with van der Waals surface area (Å²) in [4.78, 5) is 23.6. The highest BCUT2D eigenvalue weighted by Gasteiger charge is 2.12. The highest BCUT2D eigenvalue weighted by molar-refractivity contribution is 7.17. The van der Waals surface area contributed by atoms with Crippen molar-refractivity contribution in [1.29, 1.82) is 0 Å². The van der Waals surface area contributed by atoms with Gasteiger partial charge in [0.15, 0.2) is 6.61 Å². The Balaban J connectivity index is 1.67. The van der Waals surface area contributed by atoms with Crippen LogP contribution in [-0.4, -0.2) is 25.0 Å². The average molecular weight is 358 g/mol. The molecule has 0 fully saturated rings. The quantitative estimate of drug-likeness (QED) is 0.804. The number of amides is 1. The zero-order valence-electron chi connectivity index (χ0n) is 11.5. The molecule has 0 aliphatic carbocycles. The van der Waals surface area contributed by atoms with Gasteiger partial charge in [0, 0.05) is 11.6 Å². The number of thiophene rings is 1. The summed E-state index contributed by atoms with van der Waals surface area (Å²) in [7, 11) is 0. The molecule has 0 aliphatic heterocycles. The lowest BCUT2D eigenvalue weighted by molar-refractivity contribution is -0.124. The van der Waals surface area contributed by atoms with E-state index in [0.717, 1.165) is 16.9 Å². The van der Waals surface area contributed by atoms with Crippen LogP contribution in [0.1, 0.15) is 15.2 Å². The van der Waals surface area contributed by atoms with Crippen molar-refractivity contribution in [1.82, 2.24) is 5.32 Å². The lowest BCUT2D eigenvalue weighted by Crippen LogP contribution is -2.30. The van der Waals surface area contributed by atoms with Crippen LogP contribution in [0.4, 0.5) is 0 Å². The third kappa shape index (κ3) is 5.33. The fraction of sp³-hybridized carbons (Fsp3) is 0.200. The number of rotatable bonds is 6. The molecule has 0 radical (unpaired) electrons. The molecule has 1 aromatic heterocycles. The molecule has 1 aromatic carbocycles. The molecule has 7 heteroatoms. The van der Waals surface area contributed by atoms with E-state index in [1.807, 2.05) is 12.1 Å². The van der Waals surface area contributed by atoms with E-state index in [4.69, 9.17) is 27.9 Å². The predicted octanol–water partition coefficient (Wildman–Crippen LogP) is 3.57. The Morgan fingerprint density at radius 2 is 1.82 bits per heavy atom. The molecule has 0 unspecified atom stereocenters. The molecule has 0 spiro atoms. The molecule has 0 bridgehead atoms. The lowest BCUT2D eigenvalue weighted by Gasteiger charge is -2.06. The number of carbonyl (C=O) groups excluding carboxylic acids is 2. The summed E-state index contributed by atoms with van der Waals surface area (Å²) < 4.78 is 5.40. The Morgan fingerprint density at radius 1 is 1.09 bits per heavy atom. The Kier molecular flexibility index (Phi) is 6.24. The highest BCUT2D eigenvalue weighted by Crippen LogP contribution is 2.21. The van der Waals surface area contributed by atoms with Gasteiger partial charge in [0.05, 0.1) is 4.34 Å². The van der Waals surface area contributed by atoms with E-state index in [-0.39, 0.29) is 12.5 Å². The second kappa shape index (κ2) is 8.17. The van der Waals surface area contributed by atoms with Crippen molar-refractivity contribution in [2.24, 2.45) is 0 Å². The van der Waals surface area contributed by atoms with Crippen LogP contribution in [0, 0.1) is 0 Å². The van der Waals surface area contributed by atoms with E-state index in [2.05, 4.69) is 5.32 Å². The summed E-state index contributed by atoms with van der Waals surface area (Å²) in [6, 6.07) is 10.6. The molecule has 2 aromatic rings. The van der Waals surface area contributed by atoms with Gasteiger partial charge < -0.3 is 10.1 Å². The summed E-state index contributed by atoms with van der Waals surface area (Å²) in [5.41, 5.74) is 1.06. The summed E-state index contributed by atoms with van der Waals surface area (Å²) in [5, 5.41) is 3.36. The van der Waals surface area contributed by atoms with Crippen molar-refractivity contribution in [3.8, 4) is 0 Å². The van der Waals surface area contributed by atoms with Crippen molar-refractivity contribution in [3.63, 3.8) is 0 Å². The van der Waals surface area contributed by atoms with Gasteiger partial charge >= 0.3 is 5.97 Å². The van der Waals surface area contributed by atoms with E-state index in [1.165, 1.54) is 0 Å². The van der Waals surface area contributed by atoms with Crippen LogP contribution in [0.5, 0.6) is 0 Å². The number of carbonyl (C=O) groups is 2. The van der Waals surface area contributed by atoms with E-state index in [9.17, 15) is 9.59 Å². The summed E-state index contributed by atoms with van der Waals surface area (Å²) in [6.45, 7) is 0.151. The fourth-order valence-electron chi connectivity index (χ4n) is 1.67. The molecule has 116 valence electrons. The van der Waals surface area contributed by atoms with Gasteiger partial charge in [-0.3, -0.25) is 4.79 Å². The van der Waals surface area contributed by atoms with Crippen molar-refractivity contribution in [2.45, 2.75) is 6.42 Å². The number of esters is 1. The van der Waals surface area contributed by atoms with Crippen LogP contribution in [-0.2, 0) is 16.0 Å². The number of ether oxygens (including phenoxy) is 1. The summed E-state index contributed by atoms with van der Waals surface area (Å²) in [5.74, 6) is -0.894. The van der Waals surface area contributed by atoms with E-state index in [1.54, 1.807) is 24.3 Å². The number of hydrogen-bond donors (Lipinski definition) is 1. The first kappa shape index (κ1) is 16.8. The minimum atomic E-state index is -0.551. The molecule has 2 rings (SSSR count). The zero-order chi connectivity index (χ0) is 15.9. The Hall–Kier alpha value is -1.56. The maximum atomic E-state index is 11.6. The van der Waals surface area contributed by atoms with Gasteiger partial charge in [-0.1, -0.05) is 35.3 Å². The number of nitrogens with one attached hydrogen (secondary N) is 1. The van der Waals surface area contributed by atoms with Crippen LogP contribution >= 0.6 is 34.5 Å². The average Bonchev–Trinajstić information content (AvgIpc) is 2.93. The molecule has 0 saturated carbocycles. The first-order chi connectivity index (χ1) is 10.5. The van der Waals surface area contributed by atoms with Gasteiger partial charge in [0.2, 0.25) is 0 Å². The SMILES string of the molecule is O=C(COC(=O)c1ccc(Cl)s1)NCCc1ccc(Cl)cc1. The van der Waals surface area contributed by atoms with Gasteiger partial charge in [-0.15, -0.1) is 11.3 Å². The second-order valence-electron chi connectivity index (χ2n) is 4.41. The standard InChI is InChI=1S/C15H13Cl2NO3S/c16-11-3-1-10(2-4-11)7-8-18-14(19)9-21-15(20)12-5-6-13(17)22-12/h1-6H,7-9H2,(H,18,19). The molecule has 1 N–H and O–H groups in total. The van der Waals surface area contributed by atoms with Crippen LogP contribution < -0.4 is 5.32 Å². The van der Waals surface area contributed by atoms with Crippen LogP contribution in [0.15, 0.2) is 36.4 Å². The Morgan fingerprint density at radius 3 is 2.45 bits per heavy atom. The first-order valence-corrected chi connectivity index (χ1v) is 8.05. The largest absolute Gasteiger partial charge is 0.451 e. The second-order valence-corrected chi connectivity index (χ2v) is 6.56. The fourth-order valence-corrected chi connectivity index (χ4v) is 2.74. The molecule has 0 saturated heterocycles. The third-order valence-corrected chi connectivity index (χ3v) is 4.22. The van der Waals surface area contributed by atoms with E-state index in [0.29, 0.717) is 27.2 Å². The van der Waals surface area contributed by atoms with E-state index >= 15 is 0 Å². The Labute approximate surface area is 142 Å².